The zero-order valence-electron chi connectivity index (χ0n) is 23.5. The average molecular weight is 557 g/mol. The van der Waals surface area contributed by atoms with E-state index in [1.165, 1.54) is 11.1 Å². The summed E-state index contributed by atoms with van der Waals surface area (Å²) >= 11 is 1.61. The van der Waals surface area contributed by atoms with Gasteiger partial charge >= 0.3 is 0 Å². The molecule has 1 aliphatic rings. The minimum atomic E-state index is -0.705. The number of aryl methyl sites for hydroxylation is 2. The predicted octanol–water partition coefficient (Wildman–Crippen LogP) is 6.43. The highest BCUT2D eigenvalue weighted by Crippen LogP contribution is 2.33. The number of aromatic nitrogens is 3. The molecule has 0 aliphatic carbocycles. The van der Waals surface area contributed by atoms with E-state index in [9.17, 15) is 4.79 Å². The van der Waals surface area contributed by atoms with E-state index in [4.69, 9.17) is 9.47 Å². The van der Waals surface area contributed by atoms with Crippen LogP contribution in [0, 0.1) is 13.8 Å². The number of carbonyl (C=O) groups is 1. The normalized spacial score (nSPS) is 18.4. The molecule has 40 heavy (non-hydrogen) atoms. The predicted molar refractivity (Wildman–Crippen MR) is 158 cm³/mol. The molecular formula is C32H36N4O3S. The number of nitrogens with one attached hydrogen (secondary N) is 1. The van der Waals surface area contributed by atoms with Crippen molar-refractivity contribution in [1.82, 2.24) is 20.1 Å². The third kappa shape index (κ3) is 6.81. The van der Waals surface area contributed by atoms with Crippen molar-refractivity contribution in [2.75, 3.05) is 12.4 Å². The fraction of sp³-hybridized carbons (Fsp3) is 0.344. The van der Waals surface area contributed by atoms with Gasteiger partial charge in [0.05, 0.1) is 12.6 Å². The van der Waals surface area contributed by atoms with Crippen molar-refractivity contribution < 1.29 is 14.3 Å². The molecule has 7 nitrogen and oxygen atoms in total. The molecular weight excluding hydrogens is 520 g/mol. The topological polar surface area (TPSA) is 78.3 Å². The molecule has 0 saturated carbocycles. The fourth-order valence-electron chi connectivity index (χ4n) is 4.71. The third-order valence-corrected chi connectivity index (χ3v) is 7.89. The average Bonchev–Trinajstić information content (AvgIpc) is 3.37. The summed E-state index contributed by atoms with van der Waals surface area (Å²) in [5, 5.41) is 13.0. The summed E-state index contributed by atoms with van der Waals surface area (Å²) < 4.78 is 14.2. The molecule has 1 N–H and O–H groups in total. The molecule has 0 spiro atoms. The second-order valence-corrected chi connectivity index (χ2v) is 11.7. The first kappa shape index (κ1) is 28.1. The van der Waals surface area contributed by atoms with E-state index in [1.54, 1.807) is 11.8 Å². The van der Waals surface area contributed by atoms with Crippen molar-refractivity contribution in [3.05, 3.63) is 95.6 Å². The van der Waals surface area contributed by atoms with Crippen LogP contribution in [0.3, 0.4) is 0 Å². The van der Waals surface area contributed by atoms with Crippen LogP contribution in [0.15, 0.2) is 84.0 Å². The van der Waals surface area contributed by atoms with E-state index in [2.05, 4.69) is 82.5 Å². The number of ether oxygens (including phenoxy) is 2. The number of hydrogen-bond donors (Lipinski definition) is 1. The number of rotatable bonds is 9. The number of thioether (sulfide) groups is 1. The molecule has 4 aromatic rings. The highest BCUT2D eigenvalue weighted by Gasteiger charge is 2.38. The SMILES string of the molecule is Cc1ccc(-c2nnc(SCCCC(=O)NC3COC(C)(C)OC3c3ccccc3)n2-c2ccc(C)cc2)cc1. The smallest absolute Gasteiger partial charge is 0.220 e. The lowest BCUT2D eigenvalue weighted by molar-refractivity contribution is -0.284. The van der Waals surface area contributed by atoms with Crippen molar-refractivity contribution in [1.29, 1.82) is 0 Å². The molecule has 5 rings (SSSR count). The van der Waals surface area contributed by atoms with Crippen LogP contribution in [-0.4, -0.2) is 44.9 Å². The minimum Gasteiger partial charge on any atom is -0.348 e. The molecule has 1 aromatic heterocycles. The Morgan fingerprint density at radius 3 is 2.35 bits per heavy atom. The van der Waals surface area contributed by atoms with Crippen LogP contribution in [0.1, 0.15) is 49.5 Å². The van der Waals surface area contributed by atoms with Crippen LogP contribution in [0.25, 0.3) is 17.1 Å². The Kier molecular flexibility index (Phi) is 8.69. The Labute approximate surface area is 240 Å². The first-order valence-corrected chi connectivity index (χ1v) is 14.7. The molecule has 0 bridgehead atoms. The standard InChI is InChI=1S/C32H36N4O3S/c1-22-12-16-25(17-13-22)30-34-35-31(36(30)26-18-14-23(2)15-19-26)40-20-8-11-28(37)33-27-21-38-32(3,4)39-29(27)24-9-6-5-7-10-24/h5-7,9-10,12-19,27,29H,8,11,20-21H2,1-4H3,(H,33,37). The Hall–Kier alpha value is -3.46. The van der Waals surface area contributed by atoms with E-state index in [-0.39, 0.29) is 18.1 Å². The Balaban J connectivity index is 1.22. The van der Waals surface area contributed by atoms with Crippen LogP contribution < -0.4 is 5.32 Å². The van der Waals surface area contributed by atoms with E-state index >= 15 is 0 Å². The van der Waals surface area contributed by atoms with Crippen molar-refractivity contribution in [3.63, 3.8) is 0 Å². The van der Waals surface area contributed by atoms with Crippen LogP contribution in [0.2, 0.25) is 0 Å². The van der Waals surface area contributed by atoms with Gasteiger partial charge in [0, 0.05) is 23.4 Å². The van der Waals surface area contributed by atoms with Crippen LogP contribution >= 0.6 is 11.8 Å². The number of hydrogen-bond acceptors (Lipinski definition) is 6. The Morgan fingerprint density at radius 2 is 1.65 bits per heavy atom. The molecule has 1 amide bonds. The quantitative estimate of drug-likeness (QED) is 0.189. The summed E-state index contributed by atoms with van der Waals surface area (Å²) in [7, 11) is 0. The summed E-state index contributed by atoms with van der Waals surface area (Å²) in [5.41, 5.74) is 5.44. The summed E-state index contributed by atoms with van der Waals surface area (Å²) in [6, 6.07) is 26.4. The van der Waals surface area contributed by atoms with Crippen molar-refractivity contribution >= 4 is 17.7 Å². The van der Waals surface area contributed by atoms with Gasteiger partial charge in [-0.1, -0.05) is 89.6 Å². The number of carbonyl (C=O) groups excluding carboxylic acids is 1. The highest BCUT2D eigenvalue weighted by atomic mass is 32.2. The van der Waals surface area contributed by atoms with E-state index in [0.29, 0.717) is 19.4 Å². The number of amides is 1. The van der Waals surface area contributed by atoms with Gasteiger partial charge in [0.2, 0.25) is 5.91 Å². The van der Waals surface area contributed by atoms with Gasteiger partial charge in [0.1, 0.15) is 6.10 Å². The molecule has 2 heterocycles. The molecule has 208 valence electrons. The zero-order chi connectivity index (χ0) is 28.1. The summed E-state index contributed by atoms with van der Waals surface area (Å²) in [4.78, 5) is 12.9. The molecule has 1 aliphatic heterocycles. The Morgan fingerprint density at radius 1 is 0.975 bits per heavy atom. The van der Waals surface area contributed by atoms with Gasteiger partial charge in [0.25, 0.3) is 0 Å². The Bertz CT molecular complexity index is 1420. The molecule has 2 unspecified atom stereocenters. The van der Waals surface area contributed by atoms with Gasteiger partial charge in [-0.15, -0.1) is 10.2 Å². The first-order valence-electron chi connectivity index (χ1n) is 13.7. The maximum absolute atomic E-state index is 12.9. The van der Waals surface area contributed by atoms with Gasteiger partial charge in [-0.2, -0.15) is 0 Å². The number of nitrogens with zero attached hydrogens (tertiary/aromatic N) is 3. The molecule has 3 aromatic carbocycles. The van der Waals surface area contributed by atoms with Crippen LogP contribution in [0.5, 0.6) is 0 Å². The van der Waals surface area contributed by atoms with Crippen molar-refractivity contribution in [2.24, 2.45) is 0 Å². The van der Waals surface area contributed by atoms with Gasteiger partial charge in [-0.3, -0.25) is 9.36 Å². The lowest BCUT2D eigenvalue weighted by Crippen LogP contribution is -2.51. The van der Waals surface area contributed by atoms with Gasteiger partial charge < -0.3 is 14.8 Å². The molecule has 1 fully saturated rings. The highest BCUT2D eigenvalue weighted by molar-refractivity contribution is 7.99. The third-order valence-electron chi connectivity index (χ3n) is 6.88. The first-order chi connectivity index (χ1) is 19.3. The zero-order valence-corrected chi connectivity index (χ0v) is 24.3. The van der Waals surface area contributed by atoms with E-state index in [1.807, 2.05) is 44.2 Å². The lowest BCUT2D eigenvalue weighted by atomic mass is 10.0. The van der Waals surface area contributed by atoms with Crippen molar-refractivity contribution in [3.8, 4) is 17.1 Å². The summed E-state index contributed by atoms with van der Waals surface area (Å²) in [6.07, 6.45) is 0.835. The van der Waals surface area contributed by atoms with E-state index < -0.39 is 5.79 Å². The second-order valence-electron chi connectivity index (χ2n) is 10.6. The monoisotopic (exact) mass is 556 g/mol. The van der Waals surface area contributed by atoms with Crippen LogP contribution in [-0.2, 0) is 14.3 Å². The van der Waals surface area contributed by atoms with Gasteiger partial charge in [-0.25, -0.2) is 0 Å². The minimum absolute atomic E-state index is 0.0150. The van der Waals surface area contributed by atoms with E-state index in [0.717, 1.165) is 33.5 Å². The fourth-order valence-corrected chi connectivity index (χ4v) is 5.61. The maximum Gasteiger partial charge on any atom is 0.220 e. The largest absolute Gasteiger partial charge is 0.348 e. The second kappa shape index (κ2) is 12.4. The van der Waals surface area contributed by atoms with Gasteiger partial charge in [0.15, 0.2) is 16.8 Å². The van der Waals surface area contributed by atoms with Crippen LogP contribution in [0.4, 0.5) is 0 Å². The molecule has 0 radical (unpaired) electrons. The maximum atomic E-state index is 12.9. The van der Waals surface area contributed by atoms with Crippen molar-refractivity contribution in [2.45, 2.75) is 63.6 Å². The molecule has 8 heteroatoms. The molecule has 2 atom stereocenters. The number of benzene rings is 3. The lowest BCUT2D eigenvalue weighted by Gasteiger charge is -2.41. The summed E-state index contributed by atoms with van der Waals surface area (Å²) in [6.45, 7) is 8.35. The molecule has 1 saturated heterocycles. The summed E-state index contributed by atoms with van der Waals surface area (Å²) in [5.74, 6) is 0.816. The van der Waals surface area contributed by atoms with Gasteiger partial charge in [-0.05, 0) is 51.8 Å².